The second-order valence-electron chi connectivity index (χ2n) is 4.96. The van der Waals surface area contributed by atoms with Crippen LogP contribution < -0.4 is 9.47 Å². The Morgan fingerprint density at radius 3 is 2.55 bits per heavy atom. The van der Waals surface area contributed by atoms with Crippen LogP contribution in [0.2, 0.25) is 0 Å². The van der Waals surface area contributed by atoms with E-state index in [1.165, 1.54) is 0 Å². The van der Waals surface area contributed by atoms with Crippen LogP contribution >= 0.6 is 0 Å². The van der Waals surface area contributed by atoms with Gasteiger partial charge in [0.25, 0.3) is 0 Å². The lowest BCUT2D eigenvalue weighted by Crippen LogP contribution is -2.60. The van der Waals surface area contributed by atoms with Crippen LogP contribution in [0.5, 0.6) is 11.5 Å². The van der Waals surface area contributed by atoms with Crippen molar-refractivity contribution >= 4 is 5.91 Å². The van der Waals surface area contributed by atoms with Crippen molar-refractivity contribution in [3.8, 4) is 11.5 Å². The Labute approximate surface area is 119 Å². The largest absolute Gasteiger partial charge is 0.497 e. The highest BCUT2D eigenvalue weighted by Gasteiger charge is 2.43. The van der Waals surface area contributed by atoms with E-state index in [9.17, 15) is 4.79 Å². The Morgan fingerprint density at radius 1 is 1.20 bits per heavy atom. The lowest BCUT2D eigenvalue weighted by Gasteiger charge is -2.45. The first-order valence-electron chi connectivity index (χ1n) is 6.62. The average Bonchev–Trinajstić information content (AvgIpc) is 2.50. The molecule has 110 valence electrons. The monoisotopic (exact) mass is 279 g/mol. The van der Waals surface area contributed by atoms with Gasteiger partial charge in [-0.05, 0) is 12.1 Å². The molecule has 0 aliphatic carbocycles. The number of carbonyl (C=O) groups is 1. The van der Waals surface area contributed by atoms with E-state index in [-0.39, 0.29) is 17.9 Å². The summed E-state index contributed by atoms with van der Waals surface area (Å²) in [6, 6.07) is 5.77. The Hall–Kier alpha value is -1.75. The first kappa shape index (κ1) is 14.7. The maximum Gasteiger partial charge on any atom is 0.228 e. The molecule has 1 heterocycles. The number of methoxy groups -OCH3 is 3. The number of nitrogens with zero attached hydrogens (tertiary/aromatic N) is 1. The van der Waals surface area contributed by atoms with Crippen LogP contribution in [0.25, 0.3) is 0 Å². The van der Waals surface area contributed by atoms with Crippen molar-refractivity contribution in [3.05, 3.63) is 23.8 Å². The highest BCUT2D eigenvalue weighted by molar-refractivity contribution is 5.85. The van der Waals surface area contributed by atoms with Gasteiger partial charge in [-0.1, -0.05) is 6.92 Å². The number of benzene rings is 1. The second kappa shape index (κ2) is 6.13. The summed E-state index contributed by atoms with van der Waals surface area (Å²) in [4.78, 5) is 13.8. The summed E-state index contributed by atoms with van der Waals surface area (Å²) < 4.78 is 15.7. The molecule has 20 heavy (non-hydrogen) atoms. The molecule has 2 rings (SSSR count). The minimum Gasteiger partial charge on any atom is -0.497 e. The van der Waals surface area contributed by atoms with E-state index in [0.29, 0.717) is 13.2 Å². The van der Waals surface area contributed by atoms with E-state index in [4.69, 9.17) is 14.2 Å². The summed E-state index contributed by atoms with van der Waals surface area (Å²) in [5.41, 5.74) is 0.967. The van der Waals surface area contributed by atoms with Crippen molar-refractivity contribution in [3.63, 3.8) is 0 Å². The third kappa shape index (κ3) is 2.58. The van der Waals surface area contributed by atoms with Gasteiger partial charge in [0, 0.05) is 25.3 Å². The topological polar surface area (TPSA) is 48.0 Å². The second-order valence-corrected chi connectivity index (χ2v) is 4.96. The van der Waals surface area contributed by atoms with E-state index in [1.54, 1.807) is 21.3 Å². The van der Waals surface area contributed by atoms with Gasteiger partial charge in [-0.3, -0.25) is 4.79 Å². The molecule has 0 spiro atoms. The van der Waals surface area contributed by atoms with Gasteiger partial charge in [0.05, 0.1) is 32.8 Å². The molecule has 0 saturated carbocycles. The number of likely N-dealkylation sites (tertiary alicyclic amines) is 1. The van der Waals surface area contributed by atoms with E-state index in [0.717, 1.165) is 17.1 Å². The van der Waals surface area contributed by atoms with E-state index < -0.39 is 0 Å². The molecule has 1 aromatic rings. The molecule has 0 radical (unpaired) electrons. The first-order chi connectivity index (χ1) is 9.62. The van der Waals surface area contributed by atoms with Crippen molar-refractivity contribution in [1.82, 2.24) is 4.90 Å². The summed E-state index contributed by atoms with van der Waals surface area (Å²) in [6.07, 6.45) is 0. The van der Waals surface area contributed by atoms with E-state index in [1.807, 2.05) is 30.0 Å². The Morgan fingerprint density at radius 2 is 1.95 bits per heavy atom. The highest BCUT2D eigenvalue weighted by Crippen LogP contribution is 2.32. The SMILES string of the molecule is COC[C@@H]1[C@H](C)C(=O)N1Cc1ccc(OC)cc1OC. The minimum absolute atomic E-state index is 0.0270. The van der Waals surface area contributed by atoms with Crippen LogP contribution in [-0.2, 0) is 16.1 Å². The van der Waals surface area contributed by atoms with Crippen LogP contribution in [-0.4, -0.2) is 44.8 Å². The van der Waals surface area contributed by atoms with Crippen molar-refractivity contribution in [2.75, 3.05) is 27.9 Å². The third-order valence-corrected chi connectivity index (χ3v) is 3.82. The van der Waals surface area contributed by atoms with E-state index in [2.05, 4.69) is 0 Å². The molecule has 0 bridgehead atoms. The fourth-order valence-corrected chi connectivity index (χ4v) is 2.54. The summed E-state index contributed by atoms with van der Waals surface area (Å²) >= 11 is 0. The van der Waals surface area contributed by atoms with Gasteiger partial charge in [-0.2, -0.15) is 0 Å². The van der Waals surface area contributed by atoms with Gasteiger partial charge in [0.2, 0.25) is 5.91 Å². The van der Waals surface area contributed by atoms with Gasteiger partial charge in [-0.15, -0.1) is 0 Å². The molecule has 1 saturated heterocycles. The van der Waals surface area contributed by atoms with Gasteiger partial charge in [0.15, 0.2) is 0 Å². The summed E-state index contributed by atoms with van der Waals surface area (Å²) in [5, 5.41) is 0. The first-order valence-corrected chi connectivity index (χ1v) is 6.62. The highest BCUT2D eigenvalue weighted by atomic mass is 16.5. The Bertz CT molecular complexity index is 489. The summed E-state index contributed by atoms with van der Waals surface area (Å²) in [7, 11) is 4.89. The fraction of sp³-hybridized carbons (Fsp3) is 0.533. The van der Waals surface area contributed by atoms with Crippen molar-refractivity contribution in [2.45, 2.75) is 19.5 Å². The summed E-state index contributed by atoms with van der Waals surface area (Å²) in [5.74, 6) is 1.65. The molecule has 1 fully saturated rings. The molecule has 1 aliphatic heterocycles. The van der Waals surface area contributed by atoms with E-state index >= 15 is 0 Å². The quantitative estimate of drug-likeness (QED) is 0.744. The molecule has 0 unspecified atom stereocenters. The zero-order valence-electron chi connectivity index (χ0n) is 12.4. The third-order valence-electron chi connectivity index (χ3n) is 3.82. The van der Waals surface area contributed by atoms with Crippen LogP contribution in [0.15, 0.2) is 18.2 Å². The maximum absolute atomic E-state index is 12.0. The Balaban J connectivity index is 2.15. The van der Waals surface area contributed by atoms with Gasteiger partial charge >= 0.3 is 0 Å². The number of ether oxygens (including phenoxy) is 3. The molecular weight excluding hydrogens is 258 g/mol. The number of rotatable bonds is 6. The molecule has 1 amide bonds. The number of hydrogen-bond donors (Lipinski definition) is 0. The number of carbonyl (C=O) groups excluding carboxylic acids is 1. The number of β-lactam (4-membered cyclic amide) rings is 1. The van der Waals surface area contributed by atoms with Gasteiger partial charge < -0.3 is 19.1 Å². The number of hydrogen-bond acceptors (Lipinski definition) is 4. The number of amides is 1. The normalized spacial score (nSPS) is 21.6. The predicted octanol–water partition coefficient (Wildman–Crippen LogP) is 1.70. The van der Waals surface area contributed by atoms with Crippen molar-refractivity contribution < 1.29 is 19.0 Å². The van der Waals surface area contributed by atoms with Gasteiger partial charge in [-0.25, -0.2) is 0 Å². The van der Waals surface area contributed by atoms with Crippen molar-refractivity contribution in [1.29, 1.82) is 0 Å². The minimum atomic E-state index is 0.0270. The van der Waals surface area contributed by atoms with Crippen LogP contribution in [0.1, 0.15) is 12.5 Å². The molecule has 2 atom stereocenters. The average molecular weight is 279 g/mol. The van der Waals surface area contributed by atoms with Gasteiger partial charge in [0.1, 0.15) is 11.5 Å². The van der Waals surface area contributed by atoms with Crippen molar-refractivity contribution in [2.24, 2.45) is 5.92 Å². The van der Waals surface area contributed by atoms with Crippen LogP contribution in [0.3, 0.4) is 0 Å². The molecule has 0 aromatic heterocycles. The zero-order chi connectivity index (χ0) is 14.7. The maximum atomic E-state index is 12.0. The zero-order valence-corrected chi connectivity index (χ0v) is 12.4. The molecule has 5 nitrogen and oxygen atoms in total. The lowest BCUT2D eigenvalue weighted by atomic mass is 9.89. The predicted molar refractivity (Wildman–Crippen MR) is 74.9 cm³/mol. The molecule has 5 heteroatoms. The molecular formula is C15H21NO4. The fourth-order valence-electron chi connectivity index (χ4n) is 2.54. The standard InChI is InChI=1S/C15H21NO4/c1-10-13(9-18-2)16(15(10)17)8-11-5-6-12(19-3)7-14(11)20-4/h5-7,10,13H,8-9H2,1-4H3/t10-,13+/m0/s1. The Kier molecular flexibility index (Phi) is 4.49. The summed E-state index contributed by atoms with van der Waals surface area (Å²) in [6.45, 7) is 3.03. The lowest BCUT2D eigenvalue weighted by molar-refractivity contribution is -0.159. The smallest absolute Gasteiger partial charge is 0.228 e. The molecule has 1 aromatic carbocycles. The molecule has 1 aliphatic rings. The van der Waals surface area contributed by atoms with Crippen LogP contribution in [0, 0.1) is 5.92 Å². The molecule has 0 N–H and O–H groups in total. The van der Waals surface area contributed by atoms with Crippen LogP contribution in [0.4, 0.5) is 0 Å².